The predicted molar refractivity (Wildman–Crippen MR) is 64.8 cm³/mol. The molecule has 2 nitrogen and oxygen atoms in total. The van der Waals surface area contributed by atoms with Gasteiger partial charge >= 0.3 is 6.18 Å². The molecule has 0 radical (unpaired) electrons. The number of nitrogens with zero attached hydrogens (tertiary/aromatic N) is 1. The minimum absolute atomic E-state index is 0.473. The van der Waals surface area contributed by atoms with Gasteiger partial charge in [0.15, 0.2) is 0 Å². The Labute approximate surface area is 107 Å². The second-order valence-corrected chi connectivity index (χ2v) is 4.12. The number of aryl methyl sites for hydroxylation is 1. The number of benzene rings is 1. The lowest BCUT2D eigenvalue weighted by molar-refractivity contribution is -0.141. The Morgan fingerprint density at radius 3 is 2.42 bits per heavy atom. The van der Waals surface area contributed by atoms with E-state index in [1.807, 2.05) is 6.92 Å². The van der Waals surface area contributed by atoms with Crippen LogP contribution in [0.5, 0.6) is 0 Å². The molecule has 19 heavy (non-hydrogen) atoms. The van der Waals surface area contributed by atoms with Crippen LogP contribution < -0.4 is 0 Å². The maximum atomic E-state index is 12.4. The quantitative estimate of drug-likeness (QED) is 0.771. The summed E-state index contributed by atoms with van der Waals surface area (Å²) >= 11 is 0. The summed E-state index contributed by atoms with van der Waals surface area (Å²) in [4.78, 5) is 14.1. The highest BCUT2D eigenvalue weighted by atomic mass is 19.4. The van der Waals surface area contributed by atoms with Gasteiger partial charge in [0.05, 0.1) is 0 Å². The number of halogens is 3. The second-order valence-electron chi connectivity index (χ2n) is 4.12. The van der Waals surface area contributed by atoms with Gasteiger partial charge < -0.3 is 0 Å². The number of rotatable bonds is 2. The van der Waals surface area contributed by atoms with Gasteiger partial charge in [-0.15, -0.1) is 0 Å². The molecule has 0 spiro atoms. The van der Waals surface area contributed by atoms with E-state index < -0.39 is 11.9 Å². The molecule has 0 aliphatic rings. The molecule has 0 amide bonds. The number of alkyl halides is 3. The fourth-order valence-electron chi connectivity index (χ4n) is 1.74. The molecule has 1 aromatic carbocycles. The van der Waals surface area contributed by atoms with E-state index in [9.17, 15) is 18.0 Å². The highest BCUT2D eigenvalue weighted by Crippen LogP contribution is 2.30. The maximum absolute atomic E-state index is 12.4. The van der Waals surface area contributed by atoms with E-state index >= 15 is 0 Å². The molecule has 2 aromatic rings. The van der Waals surface area contributed by atoms with Crippen LogP contribution in [-0.4, -0.2) is 11.3 Å². The zero-order valence-corrected chi connectivity index (χ0v) is 10.0. The number of hydrogen-bond donors (Lipinski definition) is 0. The van der Waals surface area contributed by atoms with Crippen LogP contribution in [0.25, 0.3) is 11.1 Å². The molecule has 0 unspecified atom stereocenters. The van der Waals surface area contributed by atoms with E-state index in [0.717, 1.165) is 11.6 Å². The van der Waals surface area contributed by atoms with Gasteiger partial charge in [-0.3, -0.25) is 9.78 Å². The van der Waals surface area contributed by atoms with Crippen LogP contribution in [-0.2, 0) is 6.18 Å². The number of aldehydes is 1. The average molecular weight is 265 g/mol. The first-order valence-electron chi connectivity index (χ1n) is 5.51. The molecular weight excluding hydrogens is 255 g/mol. The van der Waals surface area contributed by atoms with Crippen molar-refractivity contribution in [2.75, 3.05) is 0 Å². The third-order valence-corrected chi connectivity index (χ3v) is 2.76. The number of pyridine rings is 1. The molecule has 0 bridgehead atoms. The van der Waals surface area contributed by atoms with Gasteiger partial charge in [-0.1, -0.05) is 18.2 Å². The molecule has 98 valence electrons. The SMILES string of the molecule is Cc1ccc(C=O)cc1-c1ccc(C(F)(F)F)nc1. The molecule has 0 saturated carbocycles. The number of hydrogen-bond acceptors (Lipinski definition) is 2. The Morgan fingerprint density at radius 2 is 1.89 bits per heavy atom. The van der Waals surface area contributed by atoms with Crippen LogP contribution in [0.2, 0.25) is 0 Å². The predicted octanol–water partition coefficient (Wildman–Crippen LogP) is 3.89. The molecule has 0 atom stereocenters. The van der Waals surface area contributed by atoms with E-state index in [1.165, 1.54) is 12.3 Å². The summed E-state index contributed by atoms with van der Waals surface area (Å²) in [6.07, 6.45) is -2.58. The molecule has 0 N–H and O–H groups in total. The van der Waals surface area contributed by atoms with Gasteiger partial charge in [0.25, 0.3) is 0 Å². The molecule has 5 heteroatoms. The summed E-state index contributed by atoms with van der Waals surface area (Å²) in [5.74, 6) is 0. The van der Waals surface area contributed by atoms with Crippen molar-refractivity contribution in [3.05, 3.63) is 53.3 Å². The van der Waals surface area contributed by atoms with Crippen LogP contribution in [0.1, 0.15) is 21.6 Å². The van der Waals surface area contributed by atoms with Crippen molar-refractivity contribution in [1.29, 1.82) is 0 Å². The average Bonchev–Trinajstić information content (AvgIpc) is 2.38. The summed E-state index contributed by atoms with van der Waals surface area (Å²) in [6, 6.07) is 7.32. The van der Waals surface area contributed by atoms with Gasteiger partial charge in [-0.05, 0) is 30.2 Å². The third kappa shape index (κ3) is 2.81. The first-order valence-corrected chi connectivity index (χ1v) is 5.51. The fraction of sp³-hybridized carbons (Fsp3) is 0.143. The first-order chi connectivity index (χ1) is 8.91. The number of carbonyl (C=O) groups excluding carboxylic acids is 1. The Bertz CT molecular complexity index is 603. The lowest BCUT2D eigenvalue weighted by Gasteiger charge is -2.09. The highest BCUT2D eigenvalue weighted by Gasteiger charge is 2.32. The van der Waals surface area contributed by atoms with Gasteiger partial charge in [-0.25, -0.2) is 0 Å². The highest BCUT2D eigenvalue weighted by molar-refractivity contribution is 5.80. The van der Waals surface area contributed by atoms with Crippen LogP contribution in [0.3, 0.4) is 0 Å². The van der Waals surface area contributed by atoms with E-state index in [0.29, 0.717) is 23.0 Å². The molecule has 1 aromatic heterocycles. The molecule has 0 aliphatic carbocycles. The van der Waals surface area contributed by atoms with E-state index in [4.69, 9.17) is 0 Å². The van der Waals surface area contributed by atoms with Crippen molar-refractivity contribution in [2.45, 2.75) is 13.1 Å². The van der Waals surface area contributed by atoms with Gasteiger partial charge in [0, 0.05) is 17.3 Å². The molecule has 2 rings (SSSR count). The summed E-state index contributed by atoms with van der Waals surface area (Å²) in [5, 5.41) is 0. The number of aromatic nitrogens is 1. The van der Waals surface area contributed by atoms with Crippen LogP contribution >= 0.6 is 0 Å². The molecular formula is C14H10F3NO. The van der Waals surface area contributed by atoms with Crippen LogP contribution in [0.4, 0.5) is 13.2 Å². The van der Waals surface area contributed by atoms with Crippen LogP contribution in [0, 0.1) is 6.92 Å². The van der Waals surface area contributed by atoms with Crippen LogP contribution in [0.15, 0.2) is 36.5 Å². The van der Waals surface area contributed by atoms with Gasteiger partial charge in [0.1, 0.15) is 12.0 Å². The normalized spacial score (nSPS) is 11.4. The van der Waals surface area contributed by atoms with Crippen molar-refractivity contribution in [1.82, 2.24) is 4.98 Å². The zero-order chi connectivity index (χ0) is 14.0. The van der Waals surface area contributed by atoms with Gasteiger partial charge in [0.2, 0.25) is 0 Å². The fourth-order valence-corrected chi connectivity index (χ4v) is 1.74. The van der Waals surface area contributed by atoms with Gasteiger partial charge in [-0.2, -0.15) is 13.2 Å². The van der Waals surface area contributed by atoms with E-state index in [1.54, 1.807) is 18.2 Å². The second kappa shape index (κ2) is 4.84. The summed E-state index contributed by atoms with van der Waals surface area (Å²) in [5.41, 5.74) is 1.66. The minimum Gasteiger partial charge on any atom is -0.298 e. The first kappa shape index (κ1) is 13.3. The molecule has 0 aliphatic heterocycles. The molecule has 0 fully saturated rings. The zero-order valence-electron chi connectivity index (χ0n) is 10.0. The molecule has 1 heterocycles. The van der Waals surface area contributed by atoms with Crippen molar-refractivity contribution < 1.29 is 18.0 Å². The summed E-state index contributed by atoms with van der Waals surface area (Å²) in [7, 11) is 0. The molecule has 0 saturated heterocycles. The monoisotopic (exact) mass is 265 g/mol. The smallest absolute Gasteiger partial charge is 0.298 e. The Kier molecular flexibility index (Phi) is 3.38. The topological polar surface area (TPSA) is 30.0 Å². The lowest BCUT2D eigenvalue weighted by Crippen LogP contribution is -2.07. The third-order valence-electron chi connectivity index (χ3n) is 2.76. The van der Waals surface area contributed by atoms with E-state index in [2.05, 4.69) is 4.98 Å². The summed E-state index contributed by atoms with van der Waals surface area (Å²) < 4.78 is 37.2. The minimum atomic E-state index is -4.45. The van der Waals surface area contributed by atoms with E-state index in [-0.39, 0.29) is 0 Å². The largest absolute Gasteiger partial charge is 0.433 e. The number of carbonyl (C=O) groups is 1. The van der Waals surface area contributed by atoms with Crippen molar-refractivity contribution >= 4 is 6.29 Å². The Balaban J connectivity index is 2.45. The van der Waals surface area contributed by atoms with Crippen molar-refractivity contribution in [3.8, 4) is 11.1 Å². The Morgan fingerprint density at radius 1 is 1.16 bits per heavy atom. The standard InChI is InChI=1S/C14H10F3NO/c1-9-2-3-10(8-19)6-12(9)11-4-5-13(18-7-11)14(15,16)17/h2-8H,1H3. The maximum Gasteiger partial charge on any atom is 0.433 e. The van der Waals surface area contributed by atoms with Crippen molar-refractivity contribution in [2.24, 2.45) is 0 Å². The Hall–Kier alpha value is -2.17. The lowest BCUT2D eigenvalue weighted by atomic mass is 9.99. The van der Waals surface area contributed by atoms with Crippen molar-refractivity contribution in [3.63, 3.8) is 0 Å². The summed E-state index contributed by atoms with van der Waals surface area (Å²) in [6.45, 7) is 1.82.